The number of hydrogen-bond donors (Lipinski definition) is 2. The molecule has 0 bridgehead atoms. The minimum atomic E-state index is -4.32. The molecule has 2 N–H and O–H groups in total. The molecule has 0 spiro atoms. The lowest BCUT2D eigenvalue weighted by molar-refractivity contribution is -0.145. The van der Waals surface area contributed by atoms with Crippen LogP contribution in [0.15, 0.2) is 102 Å². The first-order valence-electron chi connectivity index (χ1n) is 16.5. The fourth-order valence-electron chi connectivity index (χ4n) is 7.02. The van der Waals surface area contributed by atoms with E-state index in [2.05, 4.69) is 29.6 Å². The number of carbonyl (C=O) groups is 3. The molecule has 1 fully saturated rings. The van der Waals surface area contributed by atoms with Crippen LogP contribution in [-0.4, -0.2) is 61.6 Å². The molecule has 1 aliphatic heterocycles. The maximum absolute atomic E-state index is 14.0. The van der Waals surface area contributed by atoms with Crippen LogP contribution in [0.2, 0.25) is 5.02 Å². The number of esters is 1. The van der Waals surface area contributed by atoms with Crippen molar-refractivity contribution in [1.29, 1.82) is 0 Å². The van der Waals surface area contributed by atoms with Crippen molar-refractivity contribution >= 4 is 51.0 Å². The quantitative estimate of drug-likeness (QED) is 0.164. The number of nitrogens with zero attached hydrogens (tertiary/aromatic N) is 2. The lowest BCUT2D eigenvalue weighted by atomic mass is 9.82. The largest absolute Gasteiger partial charge is 0.465 e. The van der Waals surface area contributed by atoms with Crippen LogP contribution in [0.3, 0.4) is 0 Å². The summed E-state index contributed by atoms with van der Waals surface area (Å²) in [6.45, 7) is 2.95. The number of likely N-dealkylation sites (tertiary alicyclic amines) is 1. The third kappa shape index (κ3) is 7.34. The molecule has 2 atom stereocenters. The van der Waals surface area contributed by atoms with Gasteiger partial charge in [0, 0.05) is 35.1 Å². The molecule has 1 saturated heterocycles. The van der Waals surface area contributed by atoms with Gasteiger partial charge < -0.3 is 20.1 Å². The smallest absolute Gasteiger partial charge is 0.407 e. The number of halogens is 1. The summed E-state index contributed by atoms with van der Waals surface area (Å²) >= 11 is 6.17. The van der Waals surface area contributed by atoms with E-state index in [9.17, 15) is 27.9 Å². The first kappa shape index (κ1) is 35.0. The summed E-state index contributed by atoms with van der Waals surface area (Å²) in [5.41, 5.74) is 5.00. The highest BCUT2D eigenvalue weighted by atomic mass is 35.5. The standard InChI is InChI=1S/C38H38ClN3O7S/c1-24(2)49-36(43)23-42(28-11-7-9-26(39)20-28)50(47,48)30-12-8-10-27(21-30)40-37(44)25-17-18-41(38(45)46)29(19-25)22-35-33-15-5-3-13-31(33)32-14-4-6-16-34(32)35/h3-16,20-21,24-25,29,35H,17-19,22-23H2,1-2H3,(H,40,44)(H,45,46). The van der Waals surface area contributed by atoms with Gasteiger partial charge in [-0.1, -0.05) is 72.3 Å². The molecule has 4 aromatic rings. The van der Waals surface area contributed by atoms with Gasteiger partial charge in [-0.15, -0.1) is 0 Å². The highest BCUT2D eigenvalue weighted by Gasteiger charge is 2.39. The number of nitrogens with one attached hydrogen (secondary N) is 1. The Hall–Kier alpha value is -4.87. The summed E-state index contributed by atoms with van der Waals surface area (Å²) in [4.78, 5) is 40.0. The van der Waals surface area contributed by atoms with Crippen molar-refractivity contribution in [2.75, 3.05) is 22.7 Å². The van der Waals surface area contributed by atoms with Crippen molar-refractivity contribution in [2.24, 2.45) is 5.92 Å². The molecule has 0 radical (unpaired) electrons. The highest BCUT2D eigenvalue weighted by molar-refractivity contribution is 7.92. The average Bonchev–Trinajstić information content (AvgIpc) is 3.40. The zero-order chi connectivity index (χ0) is 35.6. The number of carbonyl (C=O) groups excluding carboxylic acids is 2. The van der Waals surface area contributed by atoms with Crippen LogP contribution < -0.4 is 9.62 Å². The van der Waals surface area contributed by atoms with Crippen molar-refractivity contribution < 1.29 is 32.6 Å². The van der Waals surface area contributed by atoms with Crippen LogP contribution >= 0.6 is 11.6 Å². The summed E-state index contributed by atoms with van der Waals surface area (Å²) in [6.07, 6.45) is -0.302. The maximum Gasteiger partial charge on any atom is 0.407 e. The molecule has 2 amide bonds. The van der Waals surface area contributed by atoms with E-state index in [4.69, 9.17) is 16.3 Å². The zero-order valence-corrected chi connectivity index (χ0v) is 29.2. The number of sulfonamides is 1. The number of fused-ring (bicyclic) bond motifs is 3. The number of hydrogen-bond acceptors (Lipinski definition) is 6. The SMILES string of the molecule is CC(C)OC(=O)CN(c1cccc(Cl)c1)S(=O)(=O)c1cccc(NC(=O)C2CCN(C(=O)O)C(CC3c4ccccc4-c4ccccc43)C2)c1. The predicted octanol–water partition coefficient (Wildman–Crippen LogP) is 7.39. The van der Waals surface area contributed by atoms with Crippen LogP contribution in [0.5, 0.6) is 0 Å². The van der Waals surface area contributed by atoms with Gasteiger partial charge >= 0.3 is 12.1 Å². The lowest BCUT2D eigenvalue weighted by Gasteiger charge is -2.38. The molecule has 0 saturated carbocycles. The van der Waals surface area contributed by atoms with Crippen LogP contribution in [0.4, 0.5) is 16.2 Å². The second-order valence-electron chi connectivity index (χ2n) is 12.9. The van der Waals surface area contributed by atoms with E-state index in [1.54, 1.807) is 32.0 Å². The van der Waals surface area contributed by atoms with Gasteiger partial charge in [0.1, 0.15) is 6.54 Å². The van der Waals surface area contributed by atoms with Gasteiger partial charge in [0.15, 0.2) is 0 Å². The number of piperidine rings is 1. The minimum Gasteiger partial charge on any atom is -0.465 e. The molecule has 1 aliphatic carbocycles. The summed E-state index contributed by atoms with van der Waals surface area (Å²) in [7, 11) is -4.32. The van der Waals surface area contributed by atoms with Crippen molar-refractivity contribution in [3.63, 3.8) is 0 Å². The molecule has 2 aliphatic rings. The Kier molecular flexibility index (Phi) is 10.2. The molecule has 10 nitrogen and oxygen atoms in total. The van der Waals surface area contributed by atoms with Crippen LogP contribution in [-0.2, 0) is 24.3 Å². The van der Waals surface area contributed by atoms with Gasteiger partial charge in [-0.05, 0) is 91.8 Å². The average molecular weight is 716 g/mol. The predicted molar refractivity (Wildman–Crippen MR) is 192 cm³/mol. The summed E-state index contributed by atoms with van der Waals surface area (Å²) in [5.74, 6) is -1.58. The lowest BCUT2D eigenvalue weighted by Crippen LogP contribution is -2.48. The Morgan fingerprint density at radius 3 is 2.24 bits per heavy atom. The fraction of sp³-hybridized carbons (Fsp3) is 0.289. The van der Waals surface area contributed by atoms with E-state index in [0.29, 0.717) is 19.3 Å². The third-order valence-electron chi connectivity index (χ3n) is 9.23. The molecular weight excluding hydrogens is 678 g/mol. The van der Waals surface area contributed by atoms with Gasteiger partial charge in [0.2, 0.25) is 5.91 Å². The molecule has 0 aromatic heterocycles. The number of amides is 2. The fourth-order valence-corrected chi connectivity index (χ4v) is 8.65. The van der Waals surface area contributed by atoms with Crippen molar-refractivity contribution in [2.45, 2.75) is 56.1 Å². The molecule has 12 heteroatoms. The molecule has 1 heterocycles. The first-order valence-corrected chi connectivity index (χ1v) is 18.3. The maximum atomic E-state index is 14.0. The molecule has 2 unspecified atom stereocenters. The second-order valence-corrected chi connectivity index (χ2v) is 15.2. The van der Waals surface area contributed by atoms with E-state index in [1.165, 1.54) is 35.2 Å². The van der Waals surface area contributed by atoms with E-state index >= 15 is 0 Å². The number of ether oxygens (including phenoxy) is 1. The summed E-state index contributed by atoms with van der Waals surface area (Å²) in [6, 6.07) is 27.9. The van der Waals surface area contributed by atoms with Gasteiger partial charge in [0.05, 0.1) is 16.7 Å². The summed E-state index contributed by atoms with van der Waals surface area (Å²) < 4.78 is 34.1. The van der Waals surface area contributed by atoms with Crippen LogP contribution in [0.25, 0.3) is 11.1 Å². The van der Waals surface area contributed by atoms with Gasteiger partial charge in [0.25, 0.3) is 10.0 Å². The van der Waals surface area contributed by atoms with Crippen molar-refractivity contribution in [3.8, 4) is 11.1 Å². The zero-order valence-electron chi connectivity index (χ0n) is 27.7. The van der Waals surface area contributed by atoms with Gasteiger partial charge in [-0.25, -0.2) is 13.2 Å². The Morgan fingerprint density at radius 1 is 0.940 bits per heavy atom. The van der Waals surface area contributed by atoms with Crippen molar-refractivity contribution in [3.05, 3.63) is 113 Å². The van der Waals surface area contributed by atoms with Crippen molar-refractivity contribution in [1.82, 2.24) is 4.90 Å². The molecule has 50 heavy (non-hydrogen) atoms. The Bertz CT molecular complexity index is 1990. The Labute approximate surface area is 296 Å². The number of carboxylic acid groups (broad SMARTS) is 1. The van der Waals surface area contributed by atoms with E-state index in [-0.39, 0.29) is 39.7 Å². The molecular formula is C38H38ClN3O7S. The van der Waals surface area contributed by atoms with Gasteiger partial charge in [-0.3, -0.25) is 13.9 Å². The third-order valence-corrected chi connectivity index (χ3v) is 11.2. The second kappa shape index (κ2) is 14.5. The van der Waals surface area contributed by atoms with Crippen LogP contribution in [0, 0.1) is 5.92 Å². The van der Waals surface area contributed by atoms with E-state index in [1.807, 2.05) is 24.3 Å². The number of rotatable bonds is 10. The normalized spacial score (nSPS) is 17.2. The topological polar surface area (TPSA) is 133 Å². The first-order chi connectivity index (χ1) is 23.9. The monoisotopic (exact) mass is 715 g/mol. The summed E-state index contributed by atoms with van der Waals surface area (Å²) in [5, 5.41) is 13.3. The molecule has 6 rings (SSSR count). The Balaban J connectivity index is 1.21. The number of anilines is 2. The number of benzene rings is 4. The van der Waals surface area contributed by atoms with Crippen LogP contribution in [0.1, 0.15) is 50.2 Å². The highest BCUT2D eigenvalue weighted by Crippen LogP contribution is 2.48. The Morgan fingerprint density at radius 2 is 1.60 bits per heavy atom. The molecule has 260 valence electrons. The van der Waals surface area contributed by atoms with Gasteiger partial charge in [-0.2, -0.15) is 0 Å². The van der Waals surface area contributed by atoms with E-state index in [0.717, 1.165) is 26.6 Å². The minimum absolute atomic E-state index is 0.0155. The van der Waals surface area contributed by atoms with E-state index < -0.39 is 46.7 Å². The molecule has 4 aromatic carbocycles.